The number of nitrogens with one attached hydrogen (secondary N) is 1. The summed E-state index contributed by atoms with van der Waals surface area (Å²) < 4.78 is 12.9. The molecule has 1 aromatic carbocycles. The standard InChI is InChI=1S/C22H27N5O4S/c1-13-5-7-26(8-6-13)21-24-25-22(27(21)15-3-4-15)32-11-20(29)23-17-10-19-18(30-12-31-19)9-16(17)14(2)28/h9-10,13,15H,3-8,11-12H2,1-2H3,(H,23,29). The molecule has 0 spiro atoms. The predicted molar refractivity (Wildman–Crippen MR) is 121 cm³/mol. The van der Waals surface area contributed by atoms with E-state index in [-0.39, 0.29) is 24.2 Å². The van der Waals surface area contributed by atoms with Gasteiger partial charge in [-0.05, 0) is 44.6 Å². The van der Waals surface area contributed by atoms with Crippen molar-refractivity contribution < 1.29 is 19.1 Å². The Hall–Kier alpha value is -2.75. The number of ketones is 1. The highest BCUT2D eigenvalue weighted by atomic mass is 32.2. The summed E-state index contributed by atoms with van der Waals surface area (Å²) in [5, 5.41) is 12.5. The summed E-state index contributed by atoms with van der Waals surface area (Å²) in [4.78, 5) is 27.1. The second kappa shape index (κ2) is 8.65. The van der Waals surface area contributed by atoms with Crippen LogP contribution in [-0.2, 0) is 4.79 Å². The molecule has 9 nitrogen and oxygen atoms in total. The van der Waals surface area contributed by atoms with Gasteiger partial charge < -0.3 is 19.7 Å². The van der Waals surface area contributed by atoms with E-state index in [1.807, 2.05) is 0 Å². The van der Waals surface area contributed by atoms with Crippen molar-refractivity contribution >= 4 is 35.1 Å². The van der Waals surface area contributed by atoms with Crippen LogP contribution in [0.5, 0.6) is 11.5 Å². The molecular weight excluding hydrogens is 430 g/mol. The number of piperidine rings is 1. The zero-order chi connectivity index (χ0) is 22.2. The number of amides is 1. The van der Waals surface area contributed by atoms with Gasteiger partial charge in [0.1, 0.15) is 0 Å². The highest BCUT2D eigenvalue weighted by molar-refractivity contribution is 7.99. The van der Waals surface area contributed by atoms with Gasteiger partial charge in [-0.25, -0.2) is 0 Å². The average Bonchev–Trinajstić information content (AvgIpc) is 3.35. The molecule has 2 fully saturated rings. The number of anilines is 2. The van der Waals surface area contributed by atoms with E-state index >= 15 is 0 Å². The van der Waals surface area contributed by atoms with Crippen LogP contribution in [-0.4, -0.2) is 52.1 Å². The maximum absolute atomic E-state index is 12.7. The Morgan fingerprint density at radius 1 is 1.12 bits per heavy atom. The number of Topliss-reactive ketones (excluding diaryl/α,β-unsaturated/α-hetero) is 1. The Balaban J connectivity index is 1.28. The molecule has 1 amide bonds. The second-order valence-electron chi connectivity index (χ2n) is 8.70. The second-order valence-corrected chi connectivity index (χ2v) is 9.64. The van der Waals surface area contributed by atoms with Crippen molar-refractivity contribution in [1.82, 2.24) is 14.8 Å². The van der Waals surface area contributed by atoms with E-state index in [1.54, 1.807) is 12.1 Å². The van der Waals surface area contributed by atoms with E-state index in [1.165, 1.54) is 18.7 Å². The monoisotopic (exact) mass is 457 g/mol. The van der Waals surface area contributed by atoms with Crippen molar-refractivity contribution in [1.29, 1.82) is 0 Å². The third kappa shape index (κ3) is 4.28. The predicted octanol–water partition coefficient (Wildman–Crippen LogP) is 3.51. The molecule has 10 heteroatoms. The van der Waals surface area contributed by atoms with Gasteiger partial charge in [-0.1, -0.05) is 18.7 Å². The van der Waals surface area contributed by atoms with Gasteiger partial charge in [-0.2, -0.15) is 0 Å². The zero-order valence-corrected chi connectivity index (χ0v) is 19.1. The Kier molecular flexibility index (Phi) is 5.71. The fourth-order valence-corrected chi connectivity index (χ4v) is 4.90. The molecule has 0 bridgehead atoms. The number of rotatable bonds is 7. The third-order valence-corrected chi connectivity index (χ3v) is 7.07. The molecular formula is C22H27N5O4S. The fourth-order valence-electron chi connectivity index (χ4n) is 4.10. The largest absolute Gasteiger partial charge is 0.454 e. The molecule has 1 aliphatic carbocycles. The van der Waals surface area contributed by atoms with Gasteiger partial charge in [-0.15, -0.1) is 10.2 Å². The van der Waals surface area contributed by atoms with Crippen molar-refractivity contribution in [2.24, 2.45) is 5.92 Å². The van der Waals surface area contributed by atoms with Crippen molar-refractivity contribution in [3.63, 3.8) is 0 Å². The third-order valence-electron chi connectivity index (χ3n) is 6.12. The minimum absolute atomic E-state index is 0.106. The molecule has 3 heterocycles. The molecule has 0 unspecified atom stereocenters. The number of hydrogen-bond acceptors (Lipinski definition) is 8. The molecule has 1 saturated carbocycles. The van der Waals surface area contributed by atoms with Crippen molar-refractivity contribution in [2.75, 3.05) is 35.9 Å². The first-order valence-corrected chi connectivity index (χ1v) is 12.0. The number of nitrogens with zero attached hydrogens (tertiary/aromatic N) is 4. The molecule has 2 aliphatic heterocycles. The normalized spacial score (nSPS) is 18.1. The first kappa shape index (κ1) is 21.1. The lowest BCUT2D eigenvalue weighted by Gasteiger charge is -2.31. The molecule has 3 aliphatic rings. The van der Waals surface area contributed by atoms with Gasteiger partial charge >= 0.3 is 0 Å². The number of carbonyl (C=O) groups excluding carboxylic acids is 2. The number of fused-ring (bicyclic) bond motifs is 1. The Bertz CT molecular complexity index is 1040. The maximum atomic E-state index is 12.7. The van der Waals surface area contributed by atoms with Gasteiger partial charge in [0.05, 0.1) is 11.4 Å². The van der Waals surface area contributed by atoms with Crippen molar-refractivity contribution in [2.45, 2.75) is 50.7 Å². The topological polar surface area (TPSA) is 98.6 Å². The lowest BCUT2D eigenvalue weighted by molar-refractivity contribution is -0.113. The minimum atomic E-state index is -0.213. The number of carbonyl (C=O) groups is 2. The highest BCUT2D eigenvalue weighted by Crippen LogP contribution is 2.42. The molecule has 5 rings (SSSR count). The maximum Gasteiger partial charge on any atom is 0.234 e. The lowest BCUT2D eigenvalue weighted by Crippen LogP contribution is -2.34. The molecule has 0 radical (unpaired) electrons. The van der Waals surface area contributed by atoms with Crippen LogP contribution in [0.4, 0.5) is 11.6 Å². The summed E-state index contributed by atoms with van der Waals surface area (Å²) >= 11 is 1.38. The quantitative estimate of drug-likeness (QED) is 0.498. The number of hydrogen-bond donors (Lipinski definition) is 1. The highest BCUT2D eigenvalue weighted by Gasteiger charge is 2.32. The fraction of sp³-hybridized carbons (Fsp3) is 0.545. The summed E-state index contributed by atoms with van der Waals surface area (Å²) in [5.41, 5.74) is 0.828. The Morgan fingerprint density at radius 2 is 1.84 bits per heavy atom. The summed E-state index contributed by atoms with van der Waals surface area (Å²) in [6, 6.07) is 3.68. The van der Waals surface area contributed by atoms with E-state index in [4.69, 9.17) is 9.47 Å². The summed E-state index contributed by atoms with van der Waals surface area (Å²) in [6.07, 6.45) is 4.56. The van der Waals surface area contributed by atoms with Crippen LogP contribution in [0, 0.1) is 5.92 Å². The van der Waals surface area contributed by atoms with Gasteiger partial charge in [0.25, 0.3) is 0 Å². The average molecular weight is 458 g/mol. The Labute approximate surface area is 190 Å². The molecule has 170 valence electrons. The summed E-state index contributed by atoms with van der Waals surface area (Å²) in [5.74, 6) is 2.52. The Morgan fingerprint density at radius 3 is 2.53 bits per heavy atom. The summed E-state index contributed by atoms with van der Waals surface area (Å²) in [7, 11) is 0. The summed E-state index contributed by atoms with van der Waals surface area (Å²) in [6.45, 7) is 5.85. The van der Waals surface area contributed by atoms with Crippen LogP contribution in [0.2, 0.25) is 0 Å². The first-order chi connectivity index (χ1) is 15.5. The van der Waals surface area contributed by atoms with E-state index < -0.39 is 0 Å². The number of benzene rings is 1. The van der Waals surface area contributed by atoms with Gasteiger partial charge in [-0.3, -0.25) is 14.2 Å². The smallest absolute Gasteiger partial charge is 0.234 e. The van der Waals surface area contributed by atoms with Gasteiger partial charge in [0.15, 0.2) is 22.4 Å². The zero-order valence-electron chi connectivity index (χ0n) is 18.3. The van der Waals surface area contributed by atoms with Crippen LogP contribution < -0.4 is 19.7 Å². The van der Waals surface area contributed by atoms with Gasteiger partial charge in [0, 0.05) is 30.8 Å². The molecule has 0 atom stereocenters. The SMILES string of the molecule is CC(=O)c1cc2c(cc1NC(=O)CSc1nnc(N3CCC(C)CC3)n1C1CC1)OCO2. The van der Waals surface area contributed by atoms with Crippen LogP contribution in [0.25, 0.3) is 0 Å². The van der Waals surface area contributed by atoms with E-state index in [0.29, 0.717) is 28.8 Å². The van der Waals surface area contributed by atoms with Crippen molar-refractivity contribution in [3.05, 3.63) is 17.7 Å². The molecule has 1 aromatic heterocycles. The molecule has 32 heavy (non-hydrogen) atoms. The van der Waals surface area contributed by atoms with Crippen LogP contribution >= 0.6 is 11.8 Å². The number of ether oxygens (including phenoxy) is 2. The van der Waals surface area contributed by atoms with Crippen LogP contribution in [0.15, 0.2) is 17.3 Å². The number of aromatic nitrogens is 3. The van der Waals surface area contributed by atoms with E-state index in [2.05, 4.69) is 31.9 Å². The van der Waals surface area contributed by atoms with Crippen molar-refractivity contribution in [3.8, 4) is 11.5 Å². The van der Waals surface area contributed by atoms with Crippen LogP contribution in [0.1, 0.15) is 55.9 Å². The molecule has 2 aromatic rings. The first-order valence-electron chi connectivity index (χ1n) is 11.1. The molecule has 1 N–H and O–H groups in total. The number of thioether (sulfide) groups is 1. The molecule has 1 saturated heterocycles. The lowest BCUT2D eigenvalue weighted by atomic mass is 10.00. The van der Waals surface area contributed by atoms with E-state index in [0.717, 1.165) is 55.8 Å². The van der Waals surface area contributed by atoms with Gasteiger partial charge in [0.2, 0.25) is 18.6 Å². The minimum Gasteiger partial charge on any atom is -0.454 e. The van der Waals surface area contributed by atoms with Crippen LogP contribution in [0.3, 0.4) is 0 Å². The van der Waals surface area contributed by atoms with E-state index in [9.17, 15) is 9.59 Å².